The number of carbonyl (C=O) groups is 1. The fourth-order valence-corrected chi connectivity index (χ4v) is 3.75. The molecule has 0 aliphatic heterocycles. The first-order valence-corrected chi connectivity index (χ1v) is 10.4. The van der Waals surface area contributed by atoms with Gasteiger partial charge in [0.2, 0.25) is 0 Å². The average molecular weight is 466 g/mol. The molecule has 0 spiro atoms. The summed E-state index contributed by atoms with van der Waals surface area (Å²) in [6.07, 6.45) is -1.26. The molecule has 34 heavy (non-hydrogen) atoms. The number of carbonyl (C=O) groups excluding carboxylic acids is 1. The van der Waals surface area contributed by atoms with Gasteiger partial charge in [-0.2, -0.15) is 18.3 Å². The van der Waals surface area contributed by atoms with Crippen LogP contribution in [0.15, 0.2) is 77.9 Å². The summed E-state index contributed by atoms with van der Waals surface area (Å²) in [5.74, 6) is -0.633. The molecule has 174 valence electrons. The summed E-state index contributed by atoms with van der Waals surface area (Å²) in [6, 6.07) is 15.0. The van der Waals surface area contributed by atoms with Crippen LogP contribution in [0.3, 0.4) is 0 Å². The summed E-state index contributed by atoms with van der Waals surface area (Å²) in [6.45, 7) is 1.78. The molecule has 4 rings (SSSR count). The lowest BCUT2D eigenvalue weighted by molar-refractivity contribution is -0.137. The van der Waals surface area contributed by atoms with E-state index < -0.39 is 23.2 Å². The van der Waals surface area contributed by atoms with Crippen molar-refractivity contribution >= 4 is 5.91 Å². The van der Waals surface area contributed by atoms with E-state index >= 15 is 0 Å². The second-order valence-electron chi connectivity index (χ2n) is 7.82. The van der Waals surface area contributed by atoms with Crippen molar-refractivity contribution in [2.75, 3.05) is 0 Å². The maximum Gasteiger partial charge on any atom is 0.416 e. The minimum Gasteiger partial charge on any atom is -0.348 e. The third kappa shape index (κ3) is 4.63. The number of pyridine rings is 1. The molecule has 4 aromatic rings. The molecule has 2 aromatic carbocycles. The van der Waals surface area contributed by atoms with Crippen LogP contribution in [0.2, 0.25) is 0 Å². The lowest BCUT2D eigenvalue weighted by Gasteiger charge is -2.18. The Labute approximate surface area is 193 Å². The minimum absolute atomic E-state index is 0.0245. The zero-order valence-electron chi connectivity index (χ0n) is 18.4. The highest BCUT2D eigenvalue weighted by molar-refractivity contribution is 5.95. The molecule has 0 fully saturated rings. The molecule has 0 bridgehead atoms. The van der Waals surface area contributed by atoms with Crippen molar-refractivity contribution in [3.05, 3.63) is 106 Å². The van der Waals surface area contributed by atoms with Crippen LogP contribution in [0.25, 0.3) is 16.8 Å². The largest absolute Gasteiger partial charge is 0.416 e. The molecule has 0 unspecified atom stereocenters. The SMILES string of the molecule is Cc1c(-c2ccccc2)cc(C(=O)NCc2cnn(C)c2)c(=O)n1-c1cccc(C(F)(F)F)c1. The van der Waals surface area contributed by atoms with E-state index in [1.54, 1.807) is 55.3 Å². The number of hydrogen-bond acceptors (Lipinski definition) is 3. The quantitative estimate of drug-likeness (QED) is 0.471. The highest BCUT2D eigenvalue weighted by Gasteiger charge is 2.31. The molecule has 2 heterocycles. The Kier molecular flexibility index (Phi) is 6.10. The van der Waals surface area contributed by atoms with E-state index in [0.29, 0.717) is 11.3 Å². The van der Waals surface area contributed by atoms with E-state index in [1.807, 2.05) is 6.07 Å². The molecule has 0 radical (unpaired) electrons. The van der Waals surface area contributed by atoms with E-state index in [1.165, 1.54) is 18.2 Å². The molecule has 1 amide bonds. The lowest BCUT2D eigenvalue weighted by atomic mass is 10.0. The summed E-state index contributed by atoms with van der Waals surface area (Å²) >= 11 is 0. The van der Waals surface area contributed by atoms with Gasteiger partial charge in [0.25, 0.3) is 11.5 Å². The fraction of sp³-hybridized carbons (Fsp3) is 0.160. The second kappa shape index (κ2) is 9.01. The molecule has 0 aliphatic rings. The second-order valence-corrected chi connectivity index (χ2v) is 7.82. The zero-order valence-corrected chi connectivity index (χ0v) is 18.4. The molecule has 9 heteroatoms. The van der Waals surface area contributed by atoms with Gasteiger partial charge >= 0.3 is 6.18 Å². The lowest BCUT2D eigenvalue weighted by Crippen LogP contribution is -2.33. The fourth-order valence-electron chi connectivity index (χ4n) is 3.75. The van der Waals surface area contributed by atoms with Crippen LogP contribution in [0.5, 0.6) is 0 Å². The maximum atomic E-state index is 13.4. The minimum atomic E-state index is -4.57. The van der Waals surface area contributed by atoms with Gasteiger partial charge in [-0.05, 0) is 36.8 Å². The van der Waals surface area contributed by atoms with Gasteiger partial charge < -0.3 is 5.32 Å². The van der Waals surface area contributed by atoms with Gasteiger partial charge in [-0.15, -0.1) is 0 Å². The molecular weight excluding hydrogens is 445 g/mol. The van der Waals surface area contributed by atoms with Gasteiger partial charge in [-0.1, -0.05) is 36.4 Å². The Morgan fingerprint density at radius 1 is 1.06 bits per heavy atom. The van der Waals surface area contributed by atoms with Gasteiger partial charge in [0, 0.05) is 42.3 Å². The van der Waals surface area contributed by atoms with Crippen LogP contribution in [-0.4, -0.2) is 20.3 Å². The van der Waals surface area contributed by atoms with E-state index in [0.717, 1.165) is 27.8 Å². The van der Waals surface area contributed by atoms with Crippen molar-refractivity contribution in [1.82, 2.24) is 19.7 Å². The third-order valence-electron chi connectivity index (χ3n) is 5.42. The third-order valence-corrected chi connectivity index (χ3v) is 5.42. The van der Waals surface area contributed by atoms with Crippen molar-refractivity contribution in [1.29, 1.82) is 0 Å². The van der Waals surface area contributed by atoms with Crippen LogP contribution in [0, 0.1) is 6.92 Å². The first-order valence-electron chi connectivity index (χ1n) is 10.4. The maximum absolute atomic E-state index is 13.4. The molecule has 0 aliphatic carbocycles. The summed E-state index contributed by atoms with van der Waals surface area (Å²) < 4.78 is 42.8. The number of amides is 1. The normalized spacial score (nSPS) is 11.4. The number of aromatic nitrogens is 3. The van der Waals surface area contributed by atoms with Gasteiger partial charge in [-0.25, -0.2) is 0 Å². The summed E-state index contributed by atoms with van der Waals surface area (Å²) in [5.41, 5.74) is 0.696. The monoisotopic (exact) mass is 466 g/mol. The Morgan fingerprint density at radius 3 is 2.44 bits per heavy atom. The summed E-state index contributed by atoms with van der Waals surface area (Å²) in [5, 5.41) is 6.74. The van der Waals surface area contributed by atoms with Crippen LogP contribution in [0.4, 0.5) is 13.2 Å². The number of aryl methyl sites for hydroxylation is 1. The summed E-state index contributed by atoms with van der Waals surface area (Å²) in [4.78, 5) is 26.4. The number of alkyl halides is 3. The highest BCUT2D eigenvalue weighted by Crippen LogP contribution is 2.31. The molecule has 6 nitrogen and oxygen atoms in total. The van der Waals surface area contributed by atoms with Crippen molar-refractivity contribution in [3.63, 3.8) is 0 Å². The Balaban J connectivity index is 1.85. The van der Waals surface area contributed by atoms with Gasteiger partial charge in [0.05, 0.1) is 11.8 Å². The molecule has 0 saturated carbocycles. The number of nitrogens with one attached hydrogen (secondary N) is 1. The molecule has 0 atom stereocenters. The van der Waals surface area contributed by atoms with Crippen LogP contribution < -0.4 is 10.9 Å². The highest BCUT2D eigenvalue weighted by atomic mass is 19.4. The Hall–Kier alpha value is -4.14. The van der Waals surface area contributed by atoms with E-state index in [9.17, 15) is 22.8 Å². The van der Waals surface area contributed by atoms with Crippen molar-refractivity contribution in [2.24, 2.45) is 7.05 Å². The topological polar surface area (TPSA) is 68.9 Å². The average Bonchev–Trinajstić information content (AvgIpc) is 3.23. The molecule has 0 saturated heterocycles. The first-order chi connectivity index (χ1) is 16.1. The predicted octanol–water partition coefficient (Wildman–Crippen LogP) is 4.50. The van der Waals surface area contributed by atoms with Crippen LogP contribution in [0.1, 0.15) is 27.2 Å². The van der Waals surface area contributed by atoms with E-state index in [2.05, 4.69) is 10.4 Å². The van der Waals surface area contributed by atoms with Crippen LogP contribution in [-0.2, 0) is 19.8 Å². The zero-order chi connectivity index (χ0) is 24.5. The molecule has 2 aromatic heterocycles. The van der Waals surface area contributed by atoms with Gasteiger partial charge in [0.15, 0.2) is 0 Å². The van der Waals surface area contributed by atoms with Gasteiger partial charge in [0.1, 0.15) is 5.56 Å². The number of hydrogen-bond donors (Lipinski definition) is 1. The number of halogens is 3. The van der Waals surface area contributed by atoms with Crippen molar-refractivity contribution < 1.29 is 18.0 Å². The smallest absolute Gasteiger partial charge is 0.348 e. The van der Waals surface area contributed by atoms with Crippen molar-refractivity contribution in [2.45, 2.75) is 19.6 Å². The number of rotatable bonds is 5. The molecular formula is C25H21F3N4O2. The molecule has 1 N–H and O–H groups in total. The Bertz CT molecular complexity index is 1410. The van der Waals surface area contributed by atoms with Crippen molar-refractivity contribution in [3.8, 4) is 16.8 Å². The standard InChI is InChI=1S/C25H21F3N4O2/c1-16-21(18-7-4-3-5-8-18)12-22(23(33)29-13-17-14-30-31(2)15-17)24(34)32(16)20-10-6-9-19(11-20)25(26,27)28/h3-12,14-15H,13H2,1-2H3,(H,29,33). The number of nitrogens with zero attached hydrogens (tertiary/aromatic N) is 3. The predicted molar refractivity (Wildman–Crippen MR) is 122 cm³/mol. The first kappa shape index (κ1) is 23.0. The van der Waals surface area contributed by atoms with E-state index in [4.69, 9.17) is 0 Å². The van der Waals surface area contributed by atoms with Crippen LogP contribution >= 0.6 is 0 Å². The Morgan fingerprint density at radius 2 is 1.79 bits per heavy atom. The summed E-state index contributed by atoms with van der Waals surface area (Å²) in [7, 11) is 1.74. The van der Waals surface area contributed by atoms with E-state index in [-0.39, 0.29) is 17.8 Å². The van der Waals surface area contributed by atoms with Gasteiger partial charge in [-0.3, -0.25) is 18.8 Å². The number of benzene rings is 2.